The van der Waals surface area contributed by atoms with E-state index in [0.717, 1.165) is 6.21 Å². The Kier molecular flexibility index (Phi) is 6.95. The summed E-state index contributed by atoms with van der Waals surface area (Å²) in [4.78, 5) is 8.35. The second-order valence-electron chi connectivity index (χ2n) is 5.18. The first-order chi connectivity index (χ1) is 11.8. The first kappa shape index (κ1) is 20.3. The van der Waals surface area contributed by atoms with Crippen molar-refractivity contribution >= 4 is 73.4 Å². The third-order valence-electron chi connectivity index (χ3n) is 3.30. The van der Waals surface area contributed by atoms with Crippen LogP contribution in [-0.4, -0.2) is 29.9 Å². The van der Waals surface area contributed by atoms with Crippen LogP contribution in [0.3, 0.4) is 0 Å². The van der Waals surface area contributed by atoms with Gasteiger partial charge in [0, 0.05) is 12.6 Å². The SMILES string of the molecule is CC(C)S(=O)(=O)c1ccccc1Nc1nc(Cl)nc(NPI)c1C=N. The third-order valence-corrected chi connectivity index (χ3v) is 6.82. The van der Waals surface area contributed by atoms with Gasteiger partial charge in [-0.15, -0.1) is 0 Å². The van der Waals surface area contributed by atoms with Crippen molar-refractivity contribution in [3.05, 3.63) is 35.1 Å². The molecule has 0 fully saturated rings. The van der Waals surface area contributed by atoms with Crippen LogP contribution in [0, 0.1) is 5.41 Å². The lowest BCUT2D eigenvalue weighted by Crippen LogP contribution is -2.16. The quantitative estimate of drug-likeness (QED) is 0.220. The number of nitrogens with one attached hydrogen (secondary N) is 3. The summed E-state index contributed by atoms with van der Waals surface area (Å²) < 4.78 is 25.2. The van der Waals surface area contributed by atoms with Crippen LogP contribution in [0.2, 0.25) is 5.28 Å². The van der Waals surface area contributed by atoms with Crippen LogP contribution in [0.5, 0.6) is 0 Å². The Labute approximate surface area is 166 Å². The van der Waals surface area contributed by atoms with Crippen LogP contribution in [-0.2, 0) is 9.84 Å². The summed E-state index contributed by atoms with van der Waals surface area (Å²) in [5.74, 6) is 0.674. The standard InChI is InChI=1S/C14H16ClIN5O2PS/c1-8(2)25(22,23)11-6-4-3-5-10(11)18-12-9(7-17)13(21-24-16)20-14(15)19-12/h3-8,17,24H,1-2H3,(H2,18,19,20,21). The number of halogens is 2. The molecule has 7 nitrogen and oxygen atoms in total. The maximum Gasteiger partial charge on any atom is 0.226 e. The monoisotopic (exact) mass is 511 g/mol. The minimum atomic E-state index is -3.49. The summed E-state index contributed by atoms with van der Waals surface area (Å²) >= 11 is 8.10. The molecule has 3 N–H and O–H groups in total. The summed E-state index contributed by atoms with van der Waals surface area (Å²) in [6, 6.07) is 6.57. The molecule has 1 atom stereocenters. The van der Waals surface area contributed by atoms with Crippen LogP contribution in [0.25, 0.3) is 0 Å². The van der Waals surface area contributed by atoms with Crippen molar-refractivity contribution < 1.29 is 8.42 Å². The Morgan fingerprint density at radius 3 is 2.52 bits per heavy atom. The molecule has 1 unspecified atom stereocenters. The smallest absolute Gasteiger partial charge is 0.226 e. The highest BCUT2D eigenvalue weighted by atomic mass is 127. The lowest BCUT2D eigenvalue weighted by Gasteiger charge is -2.16. The molecule has 134 valence electrons. The van der Waals surface area contributed by atoms with E-state index in [1.807, 2.05) is 0 Å². The van der Waals surface area contributed by atoms with Crippen molar-refractivity contribution in [2.45, 2.75) is 24.0 Å². The van der Waals surface area contributed by atoms with Crippen LogP contribution in [0.4, 0.5) is 17.3 Å². The van der Waals surface area contributed by atoms with Gasteiger partial charge in [-0.25, -0.2) is 8.42 Å². The highest BCUT2D eigenvalue weighted by Crippen LogP contribution is 2.32. The van der Waals surface area contributed by atoms with Crippen LogP contribution < -0.4 is 10.4 Å². The van der Waals surface area contributed by atoms with Gasteiger partial charge in [-0.1, -0.05) is 12.1 Å². The molecular weight excluding hydrogens is 496 g/mol. The normalized spacial score (nSPS) is 11.9. The molecule has 0 radical (unpaired) electrons. The van der Waals surface area contributed by atoms with Gasteiger partial charge in [-0.2, -0.15) is 9.97 Å². The van der Waals surface area contributed by atoms with Crippen LogP contribution >= 0.6 is 40.0 Å². The van der Waals surface area contributed by atoms with E-state index in [0.29, 0.717) is 23.4 Å². The minimum Gasteiger partial charge on any atom is -0.342 e. The van der Waals surface area contributed by atoms with Crippen molar-refractivity contribution in [1.29, 1.82) is 5.41 Å². The van der Waals surface area contributed by atoms with Gasteiger partial charge in [0.2, 0.25) is 5.28 Å². The lowest BCUT2D eigenvalue weighted by atomic mass is 10.2. The third kappa shape index (κ3) is 4.58. The van der Waals surface area contributed by atoms with Crippen molar-refractivity contribution in [3.63, 3.8) is 0 Å². The van der Waals surface area contributed by atoms with E-state index in [2.05, 4.69) is 42.4 Å². The molecule has 2 rings (SSSR count). The number of sulfone groups is 1. The molecule has 0 aliphatic rings. The van der Waals surface area contributed by atoms with E-state index in [1.165, 1.54) is 6.07 Å². The molecule has 1 aromatic carbocycles. The largest absolute Gasteiger partial charge is 0.342 e. The summed E-state index contributed by atoms with van der Waals surface area (Å²) in [6.07, 6.45) is 1.42. The molecule has 25 heavy (non-hydrogen) atoms. The van der Waals surface area contributed by atoms with E-state index in [9.17, 15) is 8.42 Å². The maximum atomic E-state index is 12.6. The van der Waals surface area contributed by atoms with Crippen molar-refractivity contribution in [2.24, 2.45) is 0 Å². The summed E-state index contributed by atoms with van der Waals surface area (Å²) in [7, 11) is -3.49. The van der Waals surface area contributed by atoms with E-state index < -0.39 is 15.1 Å². The van der Waals surface area contributed by atoms with Gasteiger partial charge in [0.1, 0.15) is 11.6 Å². The number of aromatic nitrogens is 2. The Hall–Kier alpha value is -1.03. The van der Waals surface area contributed by atoms with E-state index in [-0.39, 0.29) is 16.0 Å². The Balaban J connectivity index is 2.57. The molecule has 11 heteroatoms. The van der Waals surface area contributed by atoms with E-state index >= 15 is 0 Å². The lowest BCUT2D eigenvalue weighted by molar-refractivity contribution is 0.588. The number of rotatable bonds is 7. The summed E-state index contributed by atoms with van der Waals surface area (Å²) in [5.41, 5.74) is 0.766. The minimum absolute atomic E-state index is 0.00514. The molecule has 0 saturated heterocycles. The Bertz CT molecular complexity index is 895. The predicted octanol–water partition coefficient (Wildman–Crippen LogP) is 4.41. The molecule has 1 heterocycles. The fourth-order valence-corrected chi connectivity index (χ4v) is 4.43. The zero-order chi connectivity index (χ0) is 18.6. The van der Waals surface area contributed by atoms with Crippen LogP contribution in [0.15, 0.2) is 29.2 Å². The van der Waals surface area contributed by atoms with Gasteiger partial charge in [-0.3, -0.25) is 0 Å². The first-order valence-electron chi connectivity index (χ1n) is 7.10. The average molecular weight is 512 g/mol. The van der Waals surface area contributed by atoms with Crippen molar-refractivity contribution in [2.75, 3.05) is 10.4 Å². The van der Waals surface area contributed by atoms with Gasteiger partial charge in [0.05, 0.1) is 21.4 Å². The second-order valence-corrected chi connectivity index (χ2v) is 10.1. The van der Waals surface area contributed by atoms with E-state index in [1.54, 1.807) is 32.0 Å². The van der Waals surface area contributed by atoms with Gasteiger partial charge >= 0.3 is 0 Å². The molecule has 0 bridgehead atoms. The van der Waals surface area contributed by atoms with Gasteiger partial charge in [0.15, 0.2) is 9.84 Å². The van der Waals surface area contributed by atoms with E-state index in [4.69, 9.17) is 17.0 Å². The second kappa shape index (κ2) is 8.57. The first-order valence-corrected chi connectivity index (χ1v) is 13.1. The fraction of sp³-hybridized carbons (Fsp3) is 0.214. The Morgan fingerprint density at radius 1 is 1.28 bits per heavy atom. The molecule has 1 aromatic heterocycles. The molecule has 2 aromatic rings. The van der Waals surface area contributed by atoms with Crippen LogP contribution in [0.1, 0.15) is 19.4 Å². The molecule has 0 spiro atoms. The van der Waals surface area contributed by atoms with Gasteiger partial charge < -0.3 is 15.8 Å². The Morgan fingerprint density at radius 2 is 1.92 bits per heavy atom. The summed E-state index contributed by atoms with van der Waals surface area (Å²) in [6.45, 7) is 3.25. The molecule has 0 aliphatic carbocycles. The highest BCUT2D eigenvalue weighted by Gasteiger charge is 2.23. The summed E-state index contributed by atoms with van der Waals surface area (Å²) in [5, 5.41) is 13.1. The van der Waals surface area contributed by atoms with Crippen molar-refractivity contribution in [3.8, 4) is 0 Å². The molecule has 0 aliphatic heterocycles. The zero-order valence-corrected chi connectivity index (χ0v) is 18.1. The predicted molar refractivity (Wildman–Crippen MR) is 113 cm³/mol. The van der Waals surface area contributed by atoms with Crippen molar-refractivity contribution in [1.82, 2.24) is 9.97 Å². The number of anilines is 3. The average Bonchev–Trinajstić information content (AvgIpc) is 2.55. The number of benzene rings is 1. The number of para-hydroxylation sites is 1. The molecular formula is C14H16ClIN5O2PS. The fourth-order valence-electron chi connectivity index (χ4n) is 2.01. The van der Waals surface area contributed by atoms with Gasteiger partial charge in [-0.05, 0) is 59.6 Å². The number of hydrogen-bond acceptors (Lipinski definition) is 7. The number of nitrogens with zero attached hydrogens (tertiary/aromatic N) is 2. The zero-order valence-electron chi connectivity index (χ0n) is 13.3. The molecule has 0 saturated carbocycles. The van der Waals surface area contributed by atoms with Gasteiger partial charge in [0.25, 0.3) is 0 Å². The topological polar surface area (TPSA) is 108 Å². The maximum absolute atomic E-state index is 12.6. The molecule has 0 amide bonds. The highest BCUT2D eigenvalue weighted by molar-refractivity contribution is 14.2. The number of hydrogen-bond donors (Lipinski definition) is 3.